The number of esters is 1. The molecule has 1 amide bonds. The number of hydrogen-bond donors (Lipinski definition) is 2. The number of nitro groups is 1. The molecule has 0 saturated heterocycles. The Kier molecular flexibility index (Phi) is 8.06. The second kappa shape index (κ2) is 10.3. The van der Waals surface area contributed by atoms with Crippen LogP contribution in [0.2, 0.25) is 0 Å². The van der Waals surface area contributed by atoms with Gasteiger partial charge in [-0.15, -0.1) is 11.3 Å². The van der Waals surface area contributed by atoms with E-state index < -0.39 is 10.9 Å². The van der Waals surface area contributed by atoms with Crippen LogP contribution in [0.1, 0.15) is 45.0 Å². The summed E-state index contributed by atoms with van der Waals surface area (Å²) >= 11 is 6.43. The zero-order valence-corrected chi connectivity index (χ0v) is 19.5. The van der Waals surface area contributed by atoms with E-state index in [2.05, 4.69) is 10.6 Å². The van der Waals surface area contributed by atoms with Crippen LogP contribution in [0.4, 0.5) is 16.4 Å². The Balaban J connectivity index is 2.35. The summed E-state index contributed by atoms with van der Waals surface area (Å²) < 4.78 is 4.88. The fourth-order valence-corrected chi connectivity index (χ4v) is 4.41. The first-order valence-electron chi connectivity index (χ1n) is 9.48. The lowest BCUT2D eigenvalue weighted by Crippen LogP contribution is -2.30. The third kappa shape index (κ3) is 5.36. The third-order valence-corrected chi connectivity index (χ3v) is 6.07. The van der Waals surface area contributed by atoms with Crippen molar-refractivity contribution in [1.29, 1.82) is 0 Å². The largest absolute Gasteiger partial charge is 0.465 e. The highest BCUT2D eigenvalue weighted by Gasteiger charge is 2.27. The first-order valence-corrected chi connectivity index (χ1v) is 10.7. The normalized spacial score (nSPS) is 10.4. The molecule has 1 aromatic heterocycles. The molecule has 9 nitrogen and oxygen atoms in total. The number of benzene rings is 1. The first kappa shape index (κ1) is 24.2. The number of ether oxygens (including phenoxy) is 1. The van der Waals surface area contributed by atoms with Crippen molar-refractivity contribution in [3.05, 3.63) is 49.9 Å². The van der Waals surface area contributed by atoms with E-state index in [4.69, 9.17) is 17.0 Å². The molecule has 2 aromatic rings. The molecule has 0 aliphatic rings. The highest BCUT2D eigenvalue weighted by molar-refractivity contribution is 7.80. The van der Waals surface area contributed by atoms with Gasteiger partial charge in [-0.1, -0.05) is 6.07 Å². The van der Waals surface area contributed by atoms with Crippen LogP contribution >= 0.6 is 23.6 Å². The summed E-state index contributed by atoms with van der Waals surface area (Å²) in [5.41, 5.74) is 1.63. The van der Waals surface area contributed by atoms with E-state index in [0.717, 1.165) is 11.3 Å². The van der Waals surface area contributed by atoms with E-state index in [1.807, 2.05) is 13.8 Å². The van der Waals surface area contributed by atoms with E-state index in [1.165, 1.54) is 13.2 Å². The van der Waals surface area contributed by atoms with Crippen LogP contribution in [-0.4, -0.2) is 47.0 Å². The smallest absolute Gasteiger partial charge is 0.341 e. The fraction of sp³-hybridized carbons (Fsp3) is 0.350. The quantitative estimate of drug-likeness (QED) is 0.269. The van der Waals surface area contributed by atoms with Crippen molar-refractivity contribution in [3.63, 3.8) is 0 Å². The first-order chi connectivity index (χ1) is 14.6. The lowest BCUT2D eigenvalue weighted by atomic mass is 10.1. The third-order valence-electron chi connectivity index (χ3n) is 4.67. The van der Waals surface area contributed by atoms with Gasteiger partial charge in [0.2, 0.25) is 0 Å². The number of nitrogens with one attached hydrogen (secondary N) is 2. The second-order valence-electron chi connectivity index (χ2n) is 6.57. The zero-order chi connectivity index (χ0) is 23.3. The van der Waals surface area contributed by atoms with Crippen molar-refractivity contribution < 1.29 is 19.2 Å². The molecule has 1 heterocycles. The van der Waals surface area contributed by atoms with Crippen molar-refractivity contribution in [2.24, 2.45) is 0 Å². The van der Waals surface area contributed by atoms with Gasteiger partial charge in [-0.3, -0.25) is 14.9 Å². The predicted octanol–water partition coefficient (Wildman–Crippen LogP) is 4.35. The van der Waals surface area contributed by atoms with Gasteiger partial charge in [0.25, 0.3) is 11.6 Å². The molecule has 2 N–H and O–H groups in total. The number of hydrogen-bond acceptors (Lipinski definition) is 7. The van der Waals surface area contributed by atoms with Crippen molar-refractivity contribution in [2.45, 2.75) is 27.7 Å². The molecule has 0 atom stereocenters. The van der Waals surface area contributed by atoms with Crippen molar-refractivity contribution >= 4 is 56.9 Å². The molecule has 0 radical (unpaired) electrons. The van der Waals surface area contributed by atoms with Gasteiger partial charge < -0.3 is 20.3 Å². The Morgan fingerprint density at radius 3 is 2.42 bits per heavy atom. The number of amides is 1. The Hall–Kier alpha value is -3.05. The monoisotopic (exact) mass is 464 g/mol. The summed E-state index contributed by atoms with van der Waals surface area (Å²) in [4.78, 5) is 38.0. The van der Waals surface area contributed by atoms with E-state index >= 15 is 0 Å². The average molecular weight is 465 g/mol. The predicted molar refractivity (Wildman–Crippen MR) is 125 cm³/mol. The number of thiocarbonyl (C=S) groups is 1. The number of rotatable bonds is 7. The zero-order valence-electron chi connectivity index (χ0n) is 17.9. The van der Waals surface area contributed by atoms with Gasteiger partial charge in [0, 0.05) is 30.4 Å². The van der Waals surface area contributed by atoms with Crippen molar-refractivity contribution in [3.8, 4) is 0 Å². The molecule has 0 unspecified atom stereocenters. The summed E-state index contributed by atoms with van der Waals surface area (Å²) in [6.07, 6.45) is 0. The van der Waals surface area contributed by atoms with Crippen LogP contribution < -0.4 is 10.6 Å². The molecule has 166 valence electrons. The van der Waals surface area contributed by atoms with Crippen LogP contribution in [0.3, 0.4) is 0 Å². The minimum Gasteiger partial charge on any atom is -0.465 e. The number of carbonyl (C=O) groups excluding carboxylic acids is 2. The molecule has 2 rings (SSSR count). The van der Waals surface area contributed by atoms with E-state index in [0.29, 0.717) is 39.8 Å². The summed E-state index contributed by atoms with van der Waals surface area (Å²) in [5, 5.41) is 17.4. The summed E-state index contributed by atoms with van der Waals surface area (Å²) in [6.45, 7) is 8.16. The van der Waals surface area contributed by atoms with Crippen LogP contribution in [0.25, 0.3) is 0 Å². The number of nitrogens with zero attached hydrogens (tertiary/aromatic N) is 2. The molecule has 0 bridgehead atoms. The van der Waals surface area contributed by atoms with Crippen LogP contribution in [0, 0.1) is 24.0 Å². The molecular weight excluding hydrogens is 440 g/mol. The van der Waals surface area contributed by atoms with Gasteiger partial charge in [0.15, 0.2) is 5.11 Å². The van der Waals surface area contributed by atoms with Gasteiger partial charge in [-0.05, 0) is 51.5 Å². The molecule has 0 aliphatic carbocycles. The van der Waals surface area contributed by atoms with Crippen LogP contribution in [-0.2, 0) is 4.74 Å². The summed E-state index contributed by atoms with van der Waals surface area (Å²) in [6, 6.07) is 4.64. The lowest BCUT2D eigenvalue weighted by molar-refractivity contribution is -0.385. The van der Waals surface area contributed by atoms with Gasteiger partial charge in [-0.2, -0.15) is 0 Å². The van der Waals surface area contributed by atoms with Crippen LogP contribution in [0.15, 0.2) is 18.2 Å². The maximum absolute atomic E-state index is 12.9. The van der Waals surface area contributed by atoms with Gasteiger partial charge in [-0.25, -0.2) is 4.79 Å². The highest BCUT2D eigenvalue weighted by Crippen LogP contribution is 2.35. The topological polar surface area (TPSA) is 114 Å². The van der Waals surface area contributed by atoms with Crippen molar-refractivity contribution in [2.75, 3.05) is 30.8 Å². The SMILES string of the molecule is CCN(CC)C(=O)c1sc(NC(=S)Nc2ccc(C)c([N+](=O)[O-])c2)c(C(=O)OC)c1C. The highest BCUT2D eigenvalue weighted by atomic mass is 32.1. The number of anilines is 2. The Morgan fingerprint density at radius 1 is 1.23 bits per heavy atom. The Bertz CT molecular complexity index is 1030. The van der Waals surface area contributed by atoms with Crippen LogP contribution in [0.5, 0.6) is 0 Å². The van der Waals surface area contributed by atoms with E-state index in [9.17, 15) is 19.7 Å². The Morgan fingerprint density at radius 2 is 1.87 bits per heavy atom. The molecule has 11 heteroatoms. The maximum Gasteiger partial charge on any atom is 0.341 e. The maximum atomic E-state index is 12.9. The minimum absolute atomic E-state index is 0.0397. The molecule has 0 fully saturated rings. The number of carbonyl (C=O) groups is 2. The number of methoxy groups -OCH3 is 1. The number of aryl methyl sites for hydroxylation is 1. The summed E-state index contributed by atoms with van der Waals surface area (Å²) in [5.74, 6) is -0.776. The molecule has 31 heavy (non-hydrogen) atoms. The van der Waals surface area contributed by atoms with Gasteiger partial charge in [0.1, 0.15) is 5.00 Å². The second-order valence-corrected chi connectivity index (χ2v) is 8.00. The molecule has 1 aromatic carbocycles. The minimum atomic E-state index is -0.594. The van der Waals surface area contributed by atoms with E-state index in [1.54, 1.807) is 30.9 Å². The fourth-order valence-electron chi connectivity index (χ4n) is 2.96. The van der Waals surface area contributed by atoms with Crippen molar-refractivity contribution in [1.82, 2.24) is 4.90 Å². The molecule has 0 saturated carbocycles. The molecular formula is C20H24N4O5S2. The van der Waals surface area contributed by atoms with Gasteiger partial charge in [0.05, 0.1) is 22.5 Å². The lowest BCUT2D eigenvalue weighted by Gasteiger charge is -2.17. The van der Waals surface area contributed by atoms with E-state index in [-0.39, 0.29) is 22.3 Å². The summed E-state index contributed by atoms with van der Waals surface area (Å²) in [7, 11) is 1.26. The molecule has 0 spiro atoms. The Labute approximate surface area is 189 Å². The average Bonchev–Trinajstić information content (AvgIpc) is 3.05. The number of thiophene rings is 1. The number of nitro benzene ring substituents is 1. The molecule has 0 aliphatic heterocycles. The van der Waals surface area contributed by atoms with Gasteiger partial charge >= 0.3 is 5.97 Å². The standard InChI is InChI=1S/C20H24N4O5S2/c1-6-23(7-2)18(25)16-12(4)15(19(26)29-5)17(31-16)22-20(30)21-13-9-8-11(3)14(10-13)24(27)28/h8-10H,6-7H2,1-5H3,(H2,21,22,30).